The topological polar surface area (TPSA) is 40.5 Å². The zero-order valence-corrected chi connectivity index (χ0v) is 9.65. The molecule has 3 heteroatoms. The van der Waals surface area contributed by atoms with Crippen LogP contribution < -0.4 is 0 Å². The predicted molar refractivity (Wildman–Crippen MR) is 58.7 cm³/mol. The van der Waals surface area contributed by atoms with E-state index in [1.807, 2.05) is 0 Å². The minimum absolute atomic E-state index is 0.121. The van der Waals surface area contributed by atoms with E-state index >= 15 is 0 Å². The van der Waals surface area contributed by atoms with Crippen molar-refractivity contribution >= 4 is 5.97 Å². The fraction of sp³-hybridized carbons (Fsp3) is 0.917. The fourth-order valence-electron chi connectivity index (χ4n) is 2.91. The Hall–Kier alpha value is -0.570. The van der Waals surface area contributed by atoms with E-state index in [0.29, 0.717) is 0 Å². The van der Waals surface area contributed by atoms with Crippen LogP contribution in [0.1, 0.15) is 32.6 Å². The number of rotatable bonds is 4. The van der Waals surface area contributed by atoms with Gasteiger partial charge in [-0.2, -0.15) is 0 Å². The summed E-state index contributed by atoms with van der Waals surface area (Å²) < 4.78 is 0. The van der Waals surface area contributed by atoms with Gasteiger partial charge in [-0.1, -0.05) is 13.3 Å². The molecule has 1 N–H and O–H groups in total. The third-order valence-corrected chi connectivity index (χ3v) is 4.16. The van der Waals surface area contributed by atoms with E-state index in [0.717, 1.165) is 37.6 Å². The third-order valence-electron chi connectivity index (χ3n) is 4.16. The zero-order valence-electron chi connectivity index (χ0n) is 9.65. The molecule has 4 atom stereocenters. The first-order valence-corrected chi connectivity index (χ1v) is 6.02. The van der Waals surface area contributed by atoms with Crippen molar-refractivity contribution in [3.05, 3.63) is 0 Å². The van der Waals surface area contributed by atoms with Gasteiger partial charge in [0.2, 0.25) is 0 Å². The lowest BCUT2D eigenvalue weighted by Gasteiger charge is -2.27. The van der Waals surface area contributed by atoms with E-state index in [1.165, 1.54) is 6.42 Å². The minimum Gasteiger partial charge on any atom is -0.481 e. The van der Waals surface area contributed by atoms with Crippen molar-refractivity contribution in [3.63, 3.8) is 0 Å². The maximum atomic E-state index is 11.1. The lowest BCUT2D eigenvalue weighted by Crippen LogP contribution is -2.39. The van der Waals surface area contributed by atoms with Crippen molar-refractivity contribution in [2.75, 3.05) is 13.6 Å². The van der Waals surface area contributed by atoms with Crippen LogP contribution in [0.4, 0.5) is 0 Å². The highest BCUT2D eigenvalue weighted by molar-refractivity contribution is 5.71. The number of carboxylic acid groups (broad SMARTS) is 1. The van der Waals surface area contributed by atoms with Gasteiger partial charge in [0.25, 0.3) is 0 Å². The van der Waals surface area contributed by atoms with Gasteiger partial charge < -0.3 is 10.0 Å². The van der Waals surface area contributed by atoms with Crippen molar-refractivity contribution in [1.29, 1.82) is 0 Å². The third kappa shape index (κ3) is 2.33. The molecule has 4 unspecified atom stereocenters. The second-order valence-corrected chi connectivity index (χ2v) is 5.36. The smallest absolute Gasteiger partial charge is 0.308 e. The highest BCUT2D eigenvalue weighted by Gasteiger charge is 2.39. The Balaban J connectivity index is 1.88. The number of carbonyl (C=O) groups is 1. The number of nitrogens with zero attached hydrogens (tertiary/aromatic N) is 1. The number of hydrogen-bond donors (Lipinski definition) is 1. The lowest BCUT2D eigenvalue weighted by atomic mass is 10.0. The van der Waals surface area contributed by atoms with Crippen LogP contribution in [-0.2, 0) is 4.79 Å². The molecule has 0 heterocycles. The highest BCUT2D eigenvalue weighted by Crippen LogP contribution is 2.39. The summed E-state index contributed by atoms with van der Waals surface area (Å²) in [5, 5.41) is 9.11. The second-order valence-electron chi connectivity index (χ2n) is 5.36. The van der Waals surface area contributed by atoms with Gasteiger partial charge in [-0.05, 0) is 38.1 Å². The zero-order chi connectivity index (χ0) is 11.0. The van der Waals surface area contributed by atoms with E-state index < -0.39 is 5.97 Å². The molecule has 2 aliphatic rings. The molecule has 2 aliphatic carbocycles. The molecule has 2 saturated carbocycles. The molecule has 3 nitrogen and oxygen atoms in total. The number of aliphatic carboxylic acids is 1. The maximum absolute atomic E-state index is 11.1. The van der Waals surface area contributed by atoms with Crippen LogP contribution in [0, 0.1) is 17.8 Å². The maximum Gasteiger partial charge on any atom is 0.308 e. The second kappa shape index (κ2) is 4.12. The summed E-state index contributed by atoms with van der Waals surface area (Å²) in [6.07, 6.45) is 4.33. The minimum atomic E-state index is -0.604. The molecule has 0 spiro atoms. The van der Waals surface area contributed by atoms with Crippen LogP contribution in [-0.4, -0.2) is 35.6 Å². The summed E-state index contributed by atoms with van der Waals surface area (Å²) in [5.74, 6) is 0.958. The van der Waals surface area contributed by atoms with Crippen molar-refractivity contribution in [1.82, 2.24) is 4.90 Å². The van der Waals surface area contributed by atoms with E-state index in [-0.39, 0.29) is 12.0 Å². The van der Waals surface area contributed by atoms with Crippen molar-refractivity contribution in [2.45, 2.75) is 38.6 Å². The Kier molecular flexibility index (Phi) is 3.01. The molecule has 0 aromatic rings. The van der Waals surface area contributed by atoms with Gasteiger partial charge in [-0.15, -0.1) is 0 Å². The average Bonchev–Trinajstić information content (AvgIpc) is 2.71. The van der Waals surface area contributed by atoms with Crippen LogP contribution >= 0.6 is 0 Å². The van der Waals surface area contributed by atoms with Crippen molar-refractivity contribution in [3.8, 4) is 0 Å². The Bertz CT molecular complexity index is 254. The monoisotopic (exact) mass is 211 g/mol. The fourth-order valence-corrected chi connectivity index (χ4v) is 2.91. The Labute approximate surface area is 91.5 Å². The molecule has 0 aliphatic heterocycles. The Morgan fingerprint density at radius 1 is 1.47 bits per heavy atom. The molecule has 0 bridgehead atoms. The van der Waals surface area contributed by atoms with Crippen LogP contribution in [0.3, 0.4) is 0 Å². The van der Waals surface area contributed by atoms with E-state index in [4.69, 9.17) is 5.11 Å². The summed E-state index contributed by atoms with van der Waals surface area (Å²) >= 11 is 0. The van der Waals surface area contributed by atoms with Gasteiger partial charge in [0.15, 0.2) is 0 Å². The van der Waals surface area contributed by atoms with E-state index in [1.54, 1.807) is 0 Å². The van der Waals surface area contributed by atoms with Crippen LogP contribution in [0.15, 0.2) is 0 Å². The summed E-state index contributed by atoms with van der Waals surface area (Å²) in [6.45, 7) is 3.37. The van der Waals surface area contributed by atoms with Gasteiger partial charge >= 0.3 is 5.97 Å². The lowest BCUT2D eigenvalue weighted by molar-refractivity contribution is -0.143. The molecule has 2 fully saturated rings. The largest absolute Gasteiger partial charge is 0.481 e. The van der Waals surface area contributed by atoms with Gasteiger partial charge in [0, 0.05) is 12.6 Å². The summed E-state index contributed by atoms with van der Waals surface area (Å²) in [6, 6.07) is 0.287. The molecule has 0 aromatic carbocycles. The molecular formula is C12H21NO2. The van der Waals surface area contributed by atoms with Crippen LogP contribution in [0.25, 0.3) is 0 Å². The van der Waals surface area contributed by atoms with Gasteiger partial charge in [0.1, 0.15) is 0 Å². The molecule has 0 aromatic heterocycles. The molecular weight excluding hydrogens is 190 g/mol. The summed E-state index contributed by atoms with van der Waals surface area (Å²) in [7, 11) is 2.09. The Morgan fingerprint density at radius 2 is 2.13 bits per heavy atom. The van der Waals surface area contributed by atoms with Crippen LogP contribution in [0.2, 0.25) is 0 Å². The number of hydrogen-bond acceptors (Lipinski definition) is 2. The van der Waals surface area contributed by atoms with Gasteiger partial charge in [-0.3, -0.25) is 4.79 Å². The normalized spacial score (nSPS) is 39.7. The standard InChI is InChI=1S/C12H21NO2/c1-8-6-9(8)7-13(2)11-5-3-4-10(11)12(14)15/h8-11H,3-7H2,1-2H3,(H,14,15). The first-order chi connectivity index (χ1) is 7.09. The summed E-state index contributed by atoms with van der Waals surface area (Å²) in [5.41, 5.74) is 0. The highest BCUT2D eigenvalue weighted by atomic mass is 16.4. The molecule has 2 rings (SSSR count). The number of carboxylic acids is 1. The van der Waals surface area contributed by atoms with Gasteiger partial charge in [0.05, 0.1) is 5.92 Å². The van der Waals surface area contributed by atoms with E-state index in [2.05, 4.69) is 18.9 Å². The molecule has 0 saturated heterocycles. The SMILES string of the molecule is CC1CC1CN(C)C1CCCC1C(=O)O. The molecule has 15 heavy (non-hydrogen) atoms. The molecule has 86 valence electrons. The molecule has 0 radical (unpaired) electrons. The van der Waals surface area contributed by atoms with Crippen molar-refractivity contribution < 1.29 is 9.90 Å². The average molecular weight is 211 g/mol. The molecule has 0 amide bonds. The Morgan fingerprint density at radius 3 is 2.67 bits per heavy atom. The predicted octanol–water partition coefficient (Wildman–Crippen LogP) is 1.83. The van der Waals surface area contributed by atoms with Crippen LogP contribution in [0.5, 0.6) is 0 Å². The van der Waals surface area contributed by atoms with Gasteiger partial charge in [-0.25, -0.2) is 0 Å². The first-order valence-electron chi connectivity index (χ1n) is 6.02. The van der Waals surface area contributed by atoms with Crippen molar-refractivity contribution in [2.24, 2.45) is 17.8 Å². The van der Waals surface area contributed by atoms with E-state index in [9.17, 15) is 4.79 Å². The summed E-state index contributed by atoms with van der Waals surface area (Å²) in [4.78, 5) is 13.3. The quantitative estimate of drug-likeness (QED) is 0.771. The first kappa shape index (κ1) is 10.9.